The molecule has 0 saturated heterocycles. The van der Waals surface area contributed by atoms with Gasteiger partial charge in [0.05, 0.1) is 17.0 Å². The number of alkyl halides is 3. The van der Waals surface area contributed by atoms with E-state index >= 15 is 0 Å². The smallest absolute Gasteiger partial charge is 0.365 e. The lowest BCUT2D eigenvalue weighted by atomic mass is 9.97. The zero-order valence-electron chi connectivity index (χ0n) is 13.1. The minimum absolute atomic E-state index is 0.00197. The molecule has 1 unspecified atom stereocenters. The molecule has 8 heteroatoms. The molecule has 0 fully saturated rings. The number of benzene rings is 2. The summed E-state index contributed by atoms with van der Waals surface area (Å²) >= 11 is 0. The van der Waals surface area contributed by atoms with Gasteiger partial charge < -0.3 is 5.11 Å². The first-order chi connectivity index (χ1) is 12.4. The van der Waals surface area contributed by atoms with Gasteiger partial charge in [0.25, 0.3) is 0 Å². The second kappa shape index (κ2) is 5.77. The van der Waals surface area contributed by atoms with Gasteiger partial charge >= 0.3 is 6.18 Å². The summed E-state index contributed by atoms with van der Waals surface area (Å²) in [7, 11) is 0. The number of fused-ring (bicyclic) bond motifs is 3. The van der Waals surface area contributed by atoms with Crippen molar-refractivity contribution in [3.63, 3.8) is 0 Å². The highest BCUT2D eigenvalue weighted by atomic mass is 19.4. The maximum absolute atomic E-state index is 14.3. The number of aliphatic hydroxyl groups is 1. The van der Waals surface area contributed by atoms with Crippen molar-refractivity contribution in [2.75, 3.05) is 0 Å². The maximum Gasteiger partial charge on any atom is 0.416 e. The van der Waals surface area contributed by atoms with Crippen LogP contribution in [-0.2, 0) is 6.18 Å². The summed E-state index contributed by atoms with van der Waals surface area (Å²) in [5, 5.41) is 10.3. The SMILES string of the molecule is OC1N=C(c2ccccc2F)c2cc(C(F)(F)F)ccc2-n2ccnc21. The van der Waals surface area contributed by atoms with Crippen LogP contribution in [0.15, 0.2) is 59.9 Å². The Hall–Kier alpha value is -3.00. The van der Waals surface area contributed by atoms with Crippen LogP contribution in [-0.4, -0.2) is 20.4 Å². The van der Waals surface area contributed by atoms with Crippen molar-refractivity contribution in [1.82, 2.24) is 9.55 Å². The van der Waals surface area contributed by atoms with Gasteiger partial charge in [-0.2, -0.15) is 13.2 Å². The van der Waals surface area contributed by atoms with Crippen molar-refractivity contribution in [3.8, 4) is 5.69 Å². The molecular weight excluding hydrogens is 350 g/mol. The van der Waals surface area contributed by atoms with Crippen LogP contribution in [0.3, 0.4) is 0 Å². The average Bonchev–Trinajstić information content (AvgIpc) is 3.05. The molecule has 26 heavy (non-hydrogen) atoms. The largest absolute Gasteiger partial charge is 0.416 e. The second-order valence-corrected chi connectivity index (χ2v) is 5.72. The number of nitrogens with zero attached hydrogens (tertiary/aromatic N) is 3. The summed E-state index contributed by atoms with van der Waals surface area (Å²) in [4.78, 5) is 8.07. The van der Waals surface area contributed by atoms with Gasteiger partial charge in [-0.05, 0) is 30.3 Å². The Balaban J connectivity index is 2.04. The first kappa shape index (κ1) is 16.5. The first-order valence-corrected chi connectivity index (χ1v) is 7.62. The number of aliphatic hydroxyl groups excluding tert-OH is 1. The van der Waals surface area contributed by atoms with Crippen LogP contribution >= 0.6 is 0 Å². The average molecular weight is 361 g/mol. The van der Waals surface area contributed by atoms with Gasteiger partial charge in [0, 0.05) is 23.5 Å². The van der Waals surface area contributed by atoms with Gasteiger partial charge in [0.1, 0.15) is 5.82 Å². The van der Waals surface area contributed by atoms with E-state index < -0.39 is 23.8 Å². The van der Waals surface area contributed by atoms with Crippen LogP contribution in [0.1, 0.15) is 28.7 Å². The Labute approximate surface area is 145 Å². The fourth-order valence-electron chi connectivity index (χ4n) is 2.94. The monoisotopic (exact) mass is 361 g/mol. The zero-order valence-corrected chi connectivity index (χ0v) is 13.1. The fraction of sp³-hybridized carbons (Fsp3) is 0.111. The first-order valence-electron chi connectivity index (χ1n) is 7.62. The molecule has 4 rings (SSSR count). The van der Waals surface area contributed by atoms with E-state index in [1.807, 2.05) is 0 Å². The number of hydrogen-bond donors (Lipinski definition) is 1. The van der Waals surface area contributed by atoms with Gasteiger partial charge in [0.2, 0.25) is 6.23 Å². The molecule has 0 amide bonds. The van der Waals surface area contributed by atoms with E-state index in [1.165, 1.54) is 41.2 Å². The zero-order chi connectivity index (χ0) is 18.5. The Morgan fingerprint density at radius 1 is 1.04 bits per heavy atom. The Bertz CT molecular complexity index is 1020. The summed E-state index contributed by atoms with van der Waals surface area (Å²) in [5.41, 5.74) is -0.580. The molecule has 2 aromatic carbocycles. The van der Waals surface area contributed by atoms with Crippen molar-refractivity contribution in [3.05, 3.63) is 83.2 Å². The predicted molar refractivity (Wildman–Crippen MR) is 85.6 cm³/mol. The molecule has 4 nitrogen and oxygen atoms in total. The predicted octanol–water partition coefficient (Wildman–Crippen LogP) is 3.87. The topological polar surface area (TPSA) is 50.4 Å². The van der Waals surface area contributed by atoms with Crippen molar-refractivity contribution < 1.29 is 22.7 Å². The van der Waals surface area contributed by atoms with E-state index in [2.05, 4.69) is 9.98 Å². The standard InChI is InChI=1S/C18H11F4N3O/c19-13-4-2-1-3-11(13)15-12-9-10(18(20,21)22)5-6-14(12)25-8-7-23-16(25)17(26)24-15/h1-9,17,26H. The molecule has 0 radical (unpaired) electrons. The summed E-state index contributed by atoms with van der Waals surface area (Å²) in [5.74, 6) is -0.515. The molecule has 0 bridgehead atoms. The Morgan fingerprint density at radius 3 is 2.54 bits per heavy atom. The van der Waals surface area contributed by atoms with Crippen LogP contribution in [0.5, 0.6) is 0 Å². The number of halogens is 4. The third-order valence-corrected chi connectivity index (χ3v) is 4.12. The van der Waals surface area contributed by atoms with Crippen LogP contribution in [0.2, 0.25) is 0 Å². The number of imidazole rings is 1. The van der Waals surface area contributed by atoms with E-state index in [-0.39, 0.29) is 22.7 Å². The van der Waals surface area contributed by atoms with Crippen LogP contribution in [0.25, 0.3) is 5.69 Å². The van der Waals surface area contributed by atoms with Gasteiger partial charge in [-0.3, -0.25) is 4.57 Å². The van der Waals surface area contributed by atoms with Crippen molar-refractivity contribution in [1.29, 1.82) is 0 Å². The fourth-order valence-corrected chi connectivity index (χ4v) is 2.94. The molecule has 1 aromatic heterocycles. The van der Waals surface area contributed by atoms with Crippen LogP contribution in [0.4, 0.5) is 17.6 Å². The molecule has 0 spiro atoms. The highest BCUT2D eigenvalue weighted by molar-refractivity contribution is 6.15. The van der Waals surface area contributed by atoms with Gasteiger partial charge in [-0.25, -0.2) is 14.4 Å². The second-order valence-electron chi connectivity index (χ2n) is 5.72. The third-order valence-electron chi connectivity index (χ3n) is 4.12. The molecule has 1 N–H and O–H groups in total. The maximum atomic E-state index is 14.3. The molecule has 132 valence electrons. The molecule has 0 saturated carbocycles. The van der Waals surface area contributed by atoms with Crippen molar-refractivity contribution >= 4 is 5.71 Å². The molecule has 0 aliphatic carbocycles. The van der Waals surface area contributed by atoms with Gasteiger partial charge in [0.15, 0.2) is 5.82 Å². The minimum atomic E-state index is -4.57. The lowest BCUT2D eigenvalue weighted by molar-refractivity contribution is -0.137. The lowest BCUT2D eigenvalue weighted by Gasteiger charge is -2.15. The lowest BCUT2D eigenvalue weighted by Crippen LogP contribution is -2.12. The third kappa shape index (κ3) is 2.59. The molecule has 3 aromatic rings. The summed E-state index contributed by atoms with van der Waals surface area (Å²) in [6.45, 7) is 0. The normalized spacial score (nSPS) is 16.5. The van der Waals surface area contributed by atoms with Crippen molar-refractivity contribution in [2.24, 2.45) is 4.99 Å². The summed E-state index contributed by atoms with van der Waals surface area (Å²) in [6, 6.07) is 8.69. The number of rotatable bonds is 1. The summed E-state index contributed by atoms with van der Waals surface area (Å²) < 4.78 is 55.3. The van der Waals surface area contributed by atoms with E-state index in [4.69, 9.17) is 0 Å². The minimum Gasteiger partial charge on any atom is -0.365 e. The molecule has 1 aliphatic heterocycles. The van der Waals surface area contributed by atoms with Gasteiger partial charge in [-0.1, -0.05) is 12.1 Å². The number of hydrogen-bond acceptors (Lipinski definition) is 3. The quantitative estimate of drug-likeness (QED) is 0.669. The molecular formula is C18H11F4N3O. The molecule has 1 aliphatic rings. The van der Waals surface area contributed by atoms with E-state index in [9.17, 15) is 22.7 Å². The highest BCUT2D eigenvalue weighted by Gasteiger charge is 2.33. The Kier molecular flexibility index (Phi) is 3.66. The Morgan fingerprint density at radius 2 is 1.81 bits per heavy atom. The van der Waals surface area contributed by atoms with Crippen molar-refractivity contribution in [2.45, 2.75) is 12.4 Å². The van der Waals surface area contributed by atoms with Gasteiger partial charge in [-0.15, -0.1) is 0 Å². The van der Waals surface area contributed by atoms with E-state index in [0.29, 0.717) is 5.69 Å². The van der Waals surface area contributed by atoms with Crippen LogP contribution < -0.4 is 0 Å². The highest BCUT2D eigenvalue weighted by Crippen LogP contribution is 2.35. The molecule has 2 heterocycles. The van der Waals surface area contributed by atoms with E-state index in [0.717, 1.165) is 12.1 Å². The number of aliphatic imine (C=N–C) groups is 1. The van der Waals surface area contributed by atoms with Crippen LogP contribution in [0, 0.1) is 5.82 Å². The molecule has 1 atom stereocenters. The van der Waals surface area contributed by atoms with E-state index in [1.54, 1.807) is 6.07 Å². The number of aromatic nitrogens is 2. The summed E-state index contributed by atoms with van der Waals surface area (Å²) in [6.07, 6.45) is -3.10.